The molecular weight excluding hydrogens is 248 g/mol. The molecule has 2 aromatic rings. The standard InChI is InChI=1S/C9H4BF3N4O/c10-15-4-6-2-1-5(3-14-6)7-16-8(18-17-7)9(11,12)13/h1-4H. The van der Waals surface area contributed by atoms with Crippen molar-refractivity contribution >= 4 is 14.2 Å². The molecule has 0 fully saturated rings. The number of hydrogen-bond donors (Lipinski definition) is 0. The van der Waals surface area contributed by atoms with Crippen LogP contribution >= 0.6 is 0 Å². The Labute approximate surface area is 100 Å². The lowest BCUT2D eigenvalue weighted by molar-refractivity contribution is -0.159. The number of aromatic nitrogens is 3. The normalized spacial score (nSPS) is 12.2. The van der Waals surface area contributed by atoms with Gasteiger partial charge in [0, 0.05) is 18.0 Å². The van der Waals surface area contributed by atoms with Crippen molar-refractivity contribution in [3.05, 3.63) is 29.9 Å². The number of pyridine rings is 1. The van der Waals surface area contributed by atoms with Crippen molar-refractivity contribution in [3.63, 3.8) is 0 Å². The van der Waals surface area contributed by atoms with Crippen molar-refractivity contribution in [2.45, 2.75) is 6.18 Å². The highest BCUT2D eigenvalue weighted by atomic mass is 19.4. The Bertz CT molecular complexity index is 564. The minimum absolute atomic E-state index is 0.189. The molecule has 18 heavy (non-hydrogen) atoms. The minimum Gasteiger partial charge on any atom is -0.361 e. The van der Waals surface area contributed by atoms with Gasteiger partial charge in [-0.25, -0.2) is 0 Å². The van der Waals surface area contributed by atoms with Crippen LogP contribution in [0.15, 0.2) is 27.8 Å². The van der Waals surface area contributed by atoms with E-state index in [-0.39, 0.29) is 5.82 Å². The number of rotatable bonds is 2. The zero-order valence-electron chi connectivity index (χ0n) is 8.72. The molecule has 0 N–H and O–H groups in total. The second-order valence-electron chi connectivity index (χ2n) is 3.17. The van der Waals surface area contributed by atoms with E-state index in [2.05, 4.69) is 24.6 Å². The fraction of sp³-hybridized carbons (Fsp3) is 0.111. The van der Waals surface area contributed by atoms with Gasteiger partial charge < -0.3 is 9.43 Å². The average Bonchev–Trinajstić information content (AvgIpc) is 2.79. The minimum atomic E-state index is -4.66. The first kappa shape index (κ1) is 12.3. The van der Waals surface area contributed by atoms with Gasteiger partial charge in [0.2, 0.25) is 5.82 Å². The third-order valence-corrected chi connectivity index (χ3v) is 1.92. The Morgan fingerprint density at radius 1 is 1.33 bits per heavy atom. The number of alkyl halides is 3. The summed E-state index contributed by atoms with van der Waals surface area (Å²) in [5, 5.41) is 3.22. The van der Waals surface area contributed by atoms with E-state index in [0.29, 0.717) is 11.3 Å². The zero-order valence-corrected chi connectivity index (χ0v) is 8.72. The molecule has 0 spiro atoms. The maximum absolute atomic E-state index is 12.2. The summed E-state index contributed by atoms with van der Waals surface area (Å²) in [5.74, 6) is -1.59. The van der Waals surface area contributed by atoms with Gasteiger partial charge in [-0.3, -0.25) is 4.98 Å². The molecule has 2 radical (unpaired) electrons. The van der Waals surface area contributed by atoms with E-state index in [4.69, 9.17) is 7.98 Å². The fourth-order valence-electron chi connectivity index (χ4n) is 1.15. The van der Waals surface area contributed by atoms with Gasteiger partial charge >= 0.3 is 12.1 Å². The second kappa shape index (κ2) is 4.59. The molecule has 0 aliphatic heterocycles. The van der Waals surface area contributed by atoms with E-state index in [1.165, 1.54) is 24.5 Å². The predicted octanol–water partition coefficient (Wildman–Crippen LogP) is 1.65. The monoisotopic (exact) mass is 252 g/mol. The van der Waals surface area contributed by atoms with Gasteiger partial charge in [0.1, 0.15) is 0 Å². The lowest BCUT2D eigenvalue weighted by atomic mass is 10.2. The Hall–Kier alpha value is -2.19. The van der Waals surface area contributed by atoms with Crippen LogP contribution in [0, 0.1) is 0 Å². The van der Waals surface area contributed by atoms with E-state index in [1.807, 2.05) is 0 Å². The van der Waals surface area contributed by atoms with Crippen LogP contribution in [0.5, 0.6) is 0 Å². The Morgan fingerprint density at radius 3 is 2.61 bits per heavy atom. The maximum Gasteiger partial charge on any atom is 0.471 e. The van der Waals surface area contributed by atoms with E-state index in [0.717, 1.165) is 0 Å². The first-order valence-electron chi connectivity index (χ1n) is 4.61. The van der Waals surface area contributed by atoms with Crippen molar-refractivity contribution in [2.75, 3.05) is 0 Å². The van der Waals surface area contributed by atoms with Crippen LogP contribution in [0.25, 0.3) is 11.4 Å². The molecule has 0 bridgehead atoms. The summed E-state index contributed by atoms with van der Waals surface area (Å²) in [6, 6.07) is 2.99. The third-order valence-electron chi connectivity index (χ3n) is 1.92. The van der Waals surface area contributed by atoms with Crippen LogP contribution in [-0.2, 0) is 6.18 Å². The predicted molar refractivity (Wildman–Crippen MR) is 55.9 cm³/mol. The summed E-state index contributed by atoms with van der Waals surface area (Å²) in [5.41, 5.74) is 0.754. The van der Waals surface area contributed by atoms with E-state index >= 15 is 0 Å². The summed E-state index contributed by atoms with van der Waals surface area (Å²) in [6.07, 6.45) is -2.08. The van der Waals surface area contributed by atoms with Crippen molar-refractivity contribution in [1.29, 1.82) is 0 Å². The third kappa shape index (κ3) is 2.55. The SMILES string of the molecule is [B]N=Cc1ccc(-c2noc(C(F)(F)F)n2)cn1. The van der Waals surface area contributed by atoms with Crippen LogP contribution < -0.4 is 0 Å². The number of halogens is 3. The van der Waals surface area contributed by atoms with Gasteiger partial charge in [0.05, 0.1) is 5.69 Å². The molecule has 0 unspecified atom stereocenters. The van der Waals surface area contributed by atoms with Crippen LogP contribution in [0.3, 0.4) is 0 Å². The molecule has 90 valence electrons. The van der Waals surface area contributed by atoms with Crippen molar-refractivity contribution in [2.24, 2.45) is 4.90 Å². The molecule has 2 aromatic heterocycles. The van der Waals surface area contributed by atoms with Crippen LogP contribution in [0.4, 0.5) is 13.2 Å². The van der Waals surface area contributed by atoms with Gasteiger partial charge in [-0.05, 0) is 12.1 Å². The molecule has 2 heterocycles. The Kier molecular flexibility index (Phi) is 3.13. The van der Waals surface area contributed by atoms with Gasteiger partial charge in [-0.1, -0.05) is 5.16 Å². The highest BCUT2D eigenvalue weighted by Gasteiger charge is 2.38. The van der Waals surface area contributed by atoms with Crippen molar-refractivity contribution in [1.82, 2.24) is 15.1 Å². The summed E-state index contributed by atoms with van der Waals surface area (Å²) in [6.45, 7) is 0. The molecule has 0 aliphatic carbocycles. The summed E-state index contributed by atoms with van der Waals surface area (Å²) in [4.78, 5) is 10.4. The molecule has 0 amide bonds. The summed E-state index contributed by atoms with van der Waals surface area (Å²) >= 11 is 0. The van der Waals surface area contributed by atoms with Gasteiger partial charge in [0.15, 0.2) is 0 Å². The second-order valence-corrected chi connectivity index (χ2v) is 3.17. The molecule has 9 heteroatoms. The van der Waals surface area contributed by atoms with Crippen LogP contribution in [-0.4, -0.2) is 29.3 Å². The molecule has 0 aliphatic rings. The average molecular weight is 252 g/mol. The smallest absolute Gasteiger partial charge is 0.361 e. The fourth-order valence-corrected chi connectivity index (χ4v) is 1.15. The highest BCUT2D eigenvalue weighted by Crippen LogP contribution is 2.29. The molecule has 0 saturated carbocycles. The summed E-state index contributed by atoms with van der Waals surface area (Å²) < 4.78 is 40.8. The first-order chi connectivity index (χ1) is 8.50. The largest absolute Gasteiger partial charge is 0.471 e. The molecule has 5 nitrogen and oxygen atoms in total. The van der Waals surface area contributed by atoms with E-state index in [9.17, 15) is 13.2 Å². The lowest BCUT2D eigenvalue weighted by Crippen LogP contribution is -2.04. The molecule has 2 rings (SSSR count). The van der Waals surface area contributed by atoms with Crippen LogP contribution in [0.1, 0.15) is 11.6 Å². The lowest BCUT2D eigenvalue weighted by Gasteiger charge is -1.96. The van der Waals surface area contributed by atoms with E-state index < -0.39 is 12.1 Å². The highest BCUT2D eigenvalue weighted by molar-refractivity contribution is 6.10. The van der Waals surface area contributed by atoms with Crippen molar-refractivity contribution < 1.29 is 17.7 Å². The zero-order chi connectivity index (χ0) is 13.2. The maximum atomic E-state index is 12.2. The van der Waals surface area contributed by atoms with Gasteiger partial charge in [-0.2, -0.15) is 18.2 Å². The van der Waals surface area contributed by atoms with Crippen LogP contribution in [0.2, 0.25) is 0 Å². The topological polar surface area (TPSA) is 64.2 Å². The molecule has 0 aromatic carbocycles. The molecular formula is C9H4BF3N4O. The molecule has 0 atom stereocenters. The first-order valence-corrected chi connectivity index (χ1v) is 4.61. The van der Waals surface area contributed by atoms with E-state index in [1.54, 1.807) is 0 Å². The quantitative estimate of drug-likeness (QED) is 0.602. The van der Waals surface area contributed by atoms with Crippen molar-refractivity contribution in [3.8, 4) is 11.4 Å². The Balaban J connectivity index is 2.29. The summed E-state index contributed by atoms with van der Waals surface area (Å²) in [7, 11) is 4.93. The van der Waals surface area contributed by atoms with Gasteiger partial charge in [0.25, 0.3) is 7.98 Å². The Morgan fingerprint density at radius 2 is 2.11 bits per heavy atom. The van der Waals surface area contributed by atoms with Gasteiger partial charge in [-0.15, -0.1) is 0 Å². The molecule has 0 saturated heterocycles. The number of nitrogens with zero attached hydrogens (tertiary/aromatic N) is 4. The number of hydrogen-bond acceptors (Lipinski definition) is 5.